The Morgan fingerprint density at radius 2 is 1.48 bits per heavy atom. The summed E-state index contributed by atoms with van der Waals surface area (Å²) in [5.41, 5.74) is 1.01. The van der Waals surface area contributed by atoms with Crippen molar-refractivity contribution in [3.63, 3.8) is 0 Å². The van der Waals surface area contributed by atoms with Gasteiger partial charge < -0.3 is 5.48 Å². The summed E-state index contributed by atoms with van der Waals surface area (Å²) in [4.78, 5) is 0. The third kappa shape index (κ3) is 3.81. The van der Waals surface area contributed by atoms with Gasteiger partial charge in [-0.2, -0.15) is 13.2 Å². The number of hydrogen-bond donors (Lipinski definition) is 0. The Hall–Kier alpha value is 0.854. The van der Waals surface area contributed by atoms with Crippen LogP contribution < -0.4 is 0 Å². The van der Waals surface area contributed by atoms with Crippen LogP contribution >= 0.6 is 0 Å². The summed E-state index contributed by atoms with van der Waals surface area (Å²) < 4.78 is 40.1. The molecule has 0 aromatic heterocycles. The molecule has 0 spiro atoms. The largest absolute Gasteiger partial charge is 0.412 e. The quantitative estimate of drug-likeness (QED) is 0.392. The molecule has 4 rings (SSSR count). The van der Waals surface area contributed by atoms with E-state index in [9.17, 15) is 13.2 Å². The minimum atomic E-state index is -3.99. The maximum Gasteiger partial charge on any atom is 0.391 e. The Balaban J connectivity index is 0.00000150. The van der Waals surface area contributed by atoms with Gasteiger partial charge in [0.25, 0.3) is 0 Å². The van der Waals surface area contributed by atoms with Crippen LogP contribution in [0.5, 0.6) is 0 Å². The van der Waals surface area contributed by atoms with Gasteiger partial charge in [-0.05, 0) is 97.7 Å². The van der Waals surface area contributed by atoms with Gasteiger partial charge in [-0.3, -0.25) is 0 Å². The van der Waals surface area contributed by atoms with Crippen molar-refractivity contribution in [3.8, 4) is 0 Å². The normalized spacial score (nSPS) is 49.1. The molecule has 0 amide bonds. The Morgan fingerprint density at radius 3 is 2.10 bits per heavy atom. The molecular weight excluding hydrogens is 450 g/mol. The number of fused-ring (bicyclic) bond motifs is 5. The number of rotatable bonds is 2. The monoisotopic (exact) mass is 491 g/mol. The second-order valence-electron chi connectivity index (χ2n) is 11.4. The Morgan fingerprint density at radius 1 is 0.828 bits per heavy atom. The van der Waals surface area contributed by atoms with Gasteiger partial charge in [0.1, 0.15) is 0 Å². The predicted molar refractivity (Wildman–Crippen MR) is 108 cm³/mol. The zero-order valence-electron chi connectivity index (χ0n) is 18.9. The van der Waals surface area contributed by atoms with Crippen LogP contribution in [0.2, 0.25) is 0 Å². The Bertz CT molecular complexity index is 581. The summed E-state index contributed by atoms with van der Waals surface area (Å²) >= 11 is 0. The summed E-state index contributed by atoms with van der Waals surface area (Å²) in [7, 11) is 0. The van der Waals surface area contributed by atoms with Crippen molar-refractivity contribution in [1.82, 2.24) is 0 Å². The third-order valence-corrected chi connectivity index (χ3v) is 10.8. The summed E-state index contributed by atoms with van der Waals surface area (Å²) in [6.45, 7) is 9.84. The molecule has 5 heteroatoms. The first kappa shape index (κ1) is 26.1. The van der Waals surface area contributed by atoms with Gasteiger partial charge in [-0.15, -0.1) is 0 Å². The van der Waals surface area contributed by atoms with E-state index >= 15 is 0 Å². The Kier molecular flexibility index (Phi) is 7.79. The zero-order chi connectivity index (χ0) is 19.7. The second kappa shape index (κ2) is 8.66. The molecule has 0 aromatic carbocycles. The smallest absolute Gasteiger partial charge is 0.391 e. The fraction of sp³-hybridized carbons (Fsp3) is 1.00. The predicted octanol–water partition coefficient (Wildman–Crippen LogP) is 7.19. The van der Waals surface area contributed by atoms with Gasteiger partial charge in [-0.25, -0.2) is 0 Å². The molecule has 29 heavy (non-hydrogen) atoms. The minimum Gasteiger partial charge on any atom is -0.412 e. The van der Waals surface area contributed by atoms with Crippen LogP contribution in [0.15, 0.2) is 0 Å². The number of alkyl halides is 3. The third-order valence-electron chi connectivity index (χ3n) is 10.8. The first-order chi connectivity index (χ1) is 12.6. The molecule has 8 unspecified atom stereocenters. The molecule has 0 aliphatic heterocycles. The standard InChI is InChI=1S/C24H39F3.H2O.Y/c1-5-6-16-10-13-23(4)20-8-7-17-15-18(24(25,26)27)9-12-21(17,2)19(20)11-14-22(16,23)3;;/h16-20H,5-15H2,1-4H3;1H2;. The molecule has 0 bridgehead atoms. The maximum absolute atomic E-state index is 13.4. The van der Waals surface area contributed by atoms with E-state index in [0.29, 0.717) is 35.5 Å². The molecule has 0 heterocycles. The van der Waals surface area contributed by atoms with E-state index < -0.39 is 12.1 Å². The van der Waals surface area contributed by atoms with Crippen LogP contribution in [0.3, 0.4) is 0 Å². The Labute approximate surface area is 200 Å². The summed E-state index contributed by atoms with van der Waals surface area (Å²) in [6.07, 6.45) is 7.72. The van der Waals surface area contributed by atoms with Crippen molar-refractivity contribution < 1.29 is 51.4 Å². The topological polar surface area (TPSA) is 31.5 Å². The molecule has 2 N–H and O–H groups in total. The molecule has 4 saturated carbocycles. The van der Waals surface area contributed by atoms with Gasteiger partial charge >= 0.3 is 6.18 Å². The molecule has 0 saturated heterocycles. The molecule has 4 aliphatic carbocycles. The van der Waals surface area contributed by atoms with Crippen molar-refractivity contribution in [2.45, 2.75) is 105 Å². The van der Waals surface area contributed by atoms with Crippen molar-refractivity contribution >= 4 is 0 Å². The molecule has 4 aliphatic rings. The molecule has 167 valence electrons. The number of hydrogen-bond acceptors (Lipinski definition) is 0. The van der Waals surface area contributed by atoms with E-state index in [4.69, 9.17) is 0 Å². The average Bonchev–Trinajstić information content (AvgIpc) is 2.85. The molecular formula is C24H41F3OY. The van der Waals surface area contributed by atoms with Crippen LogP contribution in [0.25, 0.3) is 0 Å². The maximum atomic E-state index is 13.4. The fourth-order valence-corrected chi connectivity index (χ4v) is 8.90. The number of halogens is 3. The van der Waals surface area contributed by atoms with E-state index in [1.165, 1.54) is 44.9 Å². The van der Waals surface area contributed by atoms with Crippen LogP contribution in [0.1, 0.15) is 98.3 Å². The zero-order valence-corrected chi connectivity index (χ0v) is 21.7. The van der Waals surface area contributed by atoms with Crippen molar-refractivity contribution in [2.24, 2.45) is 45.8 Å². The minimum absolute atomic E-state index is 0. The van der Waals surface area contributed by atoms with Gasteiger partial charge in [0.15, 0.2) is 0 Å². The van der Waals surface area contributed by atoms with E-state index in [-0.39, 0.29) is 43.6 Å². The van der Waals surface area contributed by atoms with E-state index in [2.05, 4.69) is 27.7 Å². The molecule has 4 fully saturated rings. The second-order valence-corrected chi connectivity index (χ2v) is 11.4. The van der Waals surface area contributed by atoms with Gasteiger partial charge in [0, 0.05) is 32.7 Å². The molecule has 8 atom stereocenters. The van der Waals surface area contributed by atoms with Crippen LogP contribution in [-0.4, -0.2) is 11.7 Å². The van der Waals surface area contributed by atoms with Crippen LogP contribution in [0, 0.1) is 45.8 Å². The SMILES string of the molecule is CCCC1CCC2(C)C3CCC4CC(C(F)(F)F)CCC4(C)C3CCC12C.O.[Y]. The summed E-state index contributed by atoms with van der Waals surface area (Å²) in [5.74, 6) is 1.50. The van der Waals surface area contributed by atoms with E-state index in [1.54, 1.807) is 0 Å². The van der Waals surface area contributed by atoms with Crippen molar-refractivity contribution in [2.75, 3.05) is 0 Å². The molecule has 1 nitrogen and oxygen atoms in total. The van der Waals surface area contributed by atoms with Gasteiger partial charge in [-0.1, -0.05) is 40.5 Å². The first-order valence-corrected chi connectivity index (χ1v) is 11.6. The molecule has 0 aromatic rings. The van der Waals surface area contributed by atoms with Gasteiger partial charge in [0.05, 0.1) is 5.92 Å². The van der Waals surface area contributed by atoms with E-state index in [1.807, 2.05) is 0 Å². The first-order valence-electron chi connectivity index (χ1n) is 11.6. The summed E-state index contributed by atoms with van der Waals surface area (Å²) in [5, 5.41) is 0. The molecule has 1 radical (unpaired) electrons. The van der Waals surface area contributed by atoms with Crippen molar-refractivity contribution in [1.29, 1.82) is 0 Å². The van der Waals surface area contributed by atoms with Crippen LogP contribution in [0.4, 0.5) is 13.2 Å². The van der Waals surface area contributed by atoms with Gasteiger partial charge in [0.2, 0.25) is 0 Å². The average molecular weight is 491 g/mol. The van der Waals surface area contributed by atoms with Crippen molar-refractivity contribution in [3.05, 3.63) is 0 Å². The van der Waals surface area contributed by atoms with Crippen LogP contribution in [-0.2, 0) is 32.7 Å². The fourth-order valence-electron chi connectivity index (χ4n) is 8.90. The summed E-state index contributed by atoms with van der Waals surface area (Å²) in [6, 6.07) is 0. The van der Waals surface area contributed by atoms with E-state index in [0.717, 1.165) is 24.7 Å².